The summed E-state index contributed by atoms with van der Waals surface area (Å²) in [6, 6.07) is 8.17. The van der Waals surface area contributed by atoms with Gasteiger partial charge in [-0.2, -0.15) is 0 Å². The van der Waals surface area contributed by atoms with Gasteiger partial charge in [-0.05, 0) is 37.0 Å². The lowest BCUT2D eigenvalue weighted by molar-refractivity contribution is 0.414. The molecule has 1 aromatic heterocycles. The first-order valence-electron chi connectivity index (χ1n) is 10.1. The van der Waals surface area contributed by atoms with E-state index in [0.717, 1.165) is 55.7 Å². The monoisotopic (exact) mass is 386 g/mol. The Labute approximate surface area is 168 Å². The number of aryl methyl sites for hydroxylation is 1. The summed E-state index contributed by atoms with van der Waals surface area (Å²) in [6.07, 6.45) is 3.23. The number of hydrogen-bond donors (Lipinski definition) is 2. The van der Waals surface area contributed by atoms with Gasteiger partial charge >= 0.3 is 0 Å². The van der Waals surface area contributed by atoms with Gasteiger partial charge in [-0.15, -0.1) is 10.2 Å². The van der Waals surface area contributed by atoms with Crippen LogP contribution in [0.2, 0.25) is 0 Å². The molecular weight excluding hydrogens is 352 g/mol. The van der Waals surface area contributed by atoms with E-state index >= 15 is 0 Å². The maximum Gasteiger partial charge on any atom is 0.191 e. The fourth-order valence-corrected chi connectivity index (χ4v) is 2.85. The molecule has 2 rings (SSSR count). The zero-order valence-corrected chi connectivity index (χ0v) is 17.8. The number of methoxy groups -OCH3 is 1. The molecule has 2 aromatic rings. The van der Waals surface area contributed by atoms with E-state index in [1.165, 1.54) is 5.56 Å². The number of nitrogens with one attached hydrogen (secondary N) is 2. The maximum absolute atomic E-state index is 5.21. The molecular formula is C21H34N6O. The first kappa shape index (κ1) is 21.7. The standard InChI is InChI=1S/C21H34N6O/c1-6-17(7-2)14-23-21(24-15-20-26-25-16(3)27(20)4)22-13-12-18-8-10-19(28-5)11-9-18/h8-11,17H,6-7,12-15H2,1-5H3,(H2,22,23,24). The number of guanidine groups is 1. The van der Waals surface area contributed by atoms with Crippen molar-refractivity contribution < 1.29 is 4.74 Å². The second kappa shape index (κ2) is 11.3. The van der Waals surface area contributed by atoms with Gasteiger partial charge in [0.15, 0.2) is 11.8 Å². The molecule has 28 heavy (non-hydrogen) atoms. The normalized spacial score (nSPS) is 11.7. The molecule has 0 aliphatic heterocycles. The highest BCUT2D eigenvalue weighted by molar-refractivity contribution is 5.79. The van der Waals surface area contributed by atoms with Crippen LogP contribution in [-0.2, 0) is 20.0 Å². The predicted octanol–water partition coefficient (Wildman–Crippen LogP) is 2.85. The minimum atomic E-state index is 0.498. The average Bonchev–Trinajstić information content (AvgIpc) is 3.04. The van der Waals surface area contributed by atoms with Gasteiger partial charge in [0, 0.05) is 20.1 Å². The van der Waals surface area contributed by atoms with Crippen molar-refractivity contribution in [1.29, 1.82) is 0 Å². The maximum atomic E-state index is 5.21. The van der Waals surface area contributed by atoms with Gasteiger partial charge < -0.3 is 19.9 Å². The van der Waals surface area contributed by atoms with Gasteiger partial charge in [0.05, 0.1) is 7.11 Å². The summed E-state index contributed by atoms with van der Waals surface area (Å²) in [5.41, 5.74) is 1.26. The van der Waals surface area contributed by atoms with Crippen LogP contribution >= 0.6 is 0 Å². The number of benzene rings is 1. The van der Waals surface area contributed by atoms with Crippen LogP contribution in [0.3, 0.4) is 0 Å². The van der Waals surface area contributed by atoms with Crippen molar-refractivity contribution >= 4 is 5.96 Å². The van der Waals surface area contributed by atoms with Crippen molar-refractivity contribution in [3.8, 4) is 5.75 Å². The van der Waals surface area contributed by atoms with Crippen molar-refractivity contribution in [3.05, 3.63) is 41.5 Å². The molecule has 0 saturated carbocycles. The van der Waals surface area contributed by atoms with Gasteiger partial charge in [-0.25, -0.2) is 4.99 Å². The topological polar surface area (TPSA) is 76.4 Å². The molecule has 7 nitrogen and oxygen atoms in total. The van der Waals surface area contributed by atoms with Crippen LogP contribution in [0, 0.1) is 12.8 Å². The summed E-state index contributed by atoms with van der Waals surface area (Å²) in [4.78, 5) is 4.72. The molecule has 0 atom stereocenters. The minimum absolute atomic E-state index is 0.498. The molecule has 7 heteroatoms. The third kappa shape index (κ3) is 6.55. The lowest BCUT2D eigenvalue weighted by Gasteiger charge is -2.17. The van der Waals surface area contributed by atoms with Gasteiger partial charge in [-0.3, -0.25) is 0 Å². The highest BCUT2D eigenvalue weighted by Gasteiger charge is 2.08. The van der Waals surface area contributed by atoms with Crippen LogP contribution in [0.5, 0.6) is 5.75 Å². The molecule has 154 valence electrons. The van der Waals surface area contributed by atoms with Gasteiger partial charge in [0.1, 0.15) is 18.1 Å². The van der Waals surface area contributed by atoms with Crippen molar-refractivity contribution in [2.24, 2.45) is 18.0 Å². The third-order valence-corrected chi connectivity index (χ3v) is 5.14. The van der Waals surface area contributed by atoms with Gasteiger partial charge in [0.25, 0.3) is 0 Å². The van der Waals surface area contributed by atoms with Crippen LogP contribution in [-0.4, -0.2) is 40.9 Å². The van der Waals surface area contributed by atoms with E-state index in [9.17, 15) is 0 Å². The van der Waals surface area contributed by atoms with Crippen LogP contribution in [0.15, 0.2) is 29.3 Å². The van der Waals surface area contributed by atoms with Crippen molar-refractivity contribution in [2.45, 2.75) is 46.6 Å². The Kier molecular flexibility index (Phi) is 8.78. The van der Waals surface area contributed by atoms with E-state index in [-0.39, 0.29) is 0 Å². The molecule has 0 fully saturated rings. The summed E-state index contributed by atoms with van der Waals surface area (Å²) in [5.74, 6) is 4.09. The van der Waals surface area contributed by atoms with E-state index in [1.807, 2.05) is 30.7 Å². The summed E-state index contributed by atoms with van der Waals surface area (Å²) < 4.78 is 7.19. The number of rotatable bonds is 10. The van der Waals surface area contributed by atoms with E-state index < -0.39 is 0 Å². The van der Waals surface area contributed by atoms with Crippen LogP contribution < -0.4 is 15.4 Å². The fraction of sp³-hybridized carbons (Fsp3) is 0.571. The number of nitrogens with zero attached hydrogens (tertiary/aromatic N) is 4. The van der Waals surface area contributed by atoms with Crippen LogP contribution in [0.25, 0.3) is 0 Å². The van der Waals surface area contributed by atoms with Crippen molar-refractivity contribution in [2.75, 3.05) is 20.2 Å². The number of aliphatic imine (C=N–C) groups is 1. The number of ether oxygens (including phenoxy) is 1. The lowest BCUT2D eigenvalue weighted by Crippen LogP contribution is -2.40. The lowest BCUT2D eigenvalue weighted by atomic mass is 10.0. The molecule has 1 aromatic carbocycles. The van der Waals surface area contributed by atoms with Crippen molar-refractivity contribution in [3.63, 3.8) is 0 Å². The summed E-state index contributed by atoms with van der Waals surface area (Å²) in [5, 5.41) is 15.2. The summed E-state index contributed by atoms with van der Waals surface area (Å²) >= 11 is 0. The number of aromatic nitrogens is 3. The predicted molar refractivity (Wildman–Crippen MR) is 114 cm³/mol. The zero-order valence-electron chi connectivity index (χ0n) is 17.8. The highest BCUT2D eigenvalue weighted by Crippen LogP contribution is 2.11. The quantitative estimate of drug-likeness (QED) is 0.485. The highest BCUT2D eigenvalue weighted by atomic mass is 16.5. The van der Waals surface area contributed by atoms with Gasteiger partial charge in [0.2, 0.25) is 0 Å². The number of hydrogen-bond acceptors (Lipinski definition) is 4. The molecule has 0 amide bonds. The van der Waals surface area contributed by atoms with Crippen LogP contribution in [0.1, 0.15) is 43.9 Å². The molecule has 0 unspecified atom stereocenters. The molecule has 0 aliphatic carbocycles. The minimum Gasteiger partial charge on any atom is -0.497 e. The Morgan fingerprint density at radius 2 is 1.86 bits per heavy atom. The molecule has 1 heterocycles. The smallest absolute Gasteiger partial charge is 0.191 e. The molecule has 0 aliphatic rings. The molecule has 2 N–H and O–H groups in total. The first-order chi connectivity index (χ1) is 13.6. The second-order valence-electron chi connectivity index (χ2n) is 6.98. The summed E-state index contributed by atoms with van der Waals surface area (Å²) in [7, 11) is 3.65. The molecule has 0 radical (unpaired) electrons. The SMILES string of the molecule is CCC(CC)CNC(=NCc1nnc(C)n1C)NCCc1ccc(OC)cc1. The Bertz CT molecular complexity index is 734. The Balaban J connectivity index is 1.95. The van der Waals surface area contributed by atoms with E-state index in [1.54, 1.807) is 7.11 Å². The van der Waals surface area contributed by atoms with Gasteiger partial charge in [-0.1, -0.05) is 38.8 Å². The Morgan fingerprint density at radius 1 is 1.14 bits per heavy atom. The third-order valence-electron chi connectivity index (χ3n) is 5.14. The second-order valence-corrected chi connectivity index (χ2v) is 6.98. The average molecular weight is 387 g/mol. The first-order valence-corrected chi connectivity index (χ1v) is 10.1. The van der Waals surface area contributed by atoms with E-state index in [2.05, 4.69) is 46.8 Å². The Hall–Kier alpha value is -2.57. The zero-order chi connectivity index (χ0) is 20.4. The van der Waals surface area contributed by atoms with E-state index in [0.29, 0.717) is 12.5 Å². The Morgan fingerprint density at radius 3 is 2.43 bits per heavy atom. The van der Waals surface area contributed by atoms with Crippen molar-refractivity contribution in [1.82, 2.24) is 25.4 Å². The molecule has 0 saturated heterocycles. The molecule has 0 spiro atoms. The summed E-state index contributed by atoms with van der Waals surface area (Å²) in [6.45, 7) is 8.62. The molecule has 0 bridgehead atoms. The fourth-order valence-electron chi connectivity index (χ4n) is 2.85. The largest absolute Gasteiger partial charge is 0.497 e. The van der Waals surface area contributed by atoms with Crippen LogP contribution in [0.4, 0.5) is 0 Å². The van der Waals surface area contributed by atoms with E-state index in [4.69, 9.17) is 9.73 Å².